The molecule has 0 spiro atoms. The molecule has 6 heteroatoms. The van der Waals surface area contributed by atoms with Crippen LogP contribution in [0.4, 0.5) is 5.69 Å². The van der Waals surface area contributed by atoms with Crippen molar-refractivity contribution >= 4 is 23.5 Å². The lowest BCUT2D eigenvalue weighted by Gasteiger charge is -2.12. The minimum absolute atomic E-state index is 0.170. The van der Waals surface area contributed by atoms with Gasteiger partial charge in [0.2, 0.25) is 5.91 Å². The van der Waals surface area contributed by atoms with Gasteiger partial charge in [0.1, 0.15) is 0 Å². The molecule has 0 aliphatic carbocycles. The fourth-order valence-corrected chi connectivity index (χ4v) is 1.67. The molecule has 0 bridgehead atoms. The summed E-state index contributed by atoms with van der Waals surface area (Å²) in [6.45, 7) is 4.88. The Morgan fingerprint density at radius 3 is 2.29 bits per heavy atom. The zero-order chi connectivity index (χ0) is 15.8. The van der Waals surface area contributed by atoms with Crippen molar-refractivity contribution in [2.75, 3.05) is 18.5 Å². The number of carbonyl (C=O) groups excluding carboxylic acids is 3. The number of hydrogen-bond acceptors (Lipinski definition) is 4. The summed E-state index contributed by atoms with van der Waals surface area (Å²) in [5.74, 6) is -1.29. The summed E-state index contributed by atoms with van der Waals surface area (Å²) in [4.78, 5) is 34.1. The second kappa shape index (κ2) is 8.04. The van der Waals surface area contributed by atoms with E-state index in [4.69, 9.17) is 0 Å². The smallest absolute Gasteiger partial charge is 0.306 e. The van der Waals surface area contributed by atoms with Crippen molar-refractivity contribution in [2.24, 2.45) is 0 Å². The number of esters is 1. The molecule has 0 atom stereocenters. The lowest BCUT2D eigenvalue weighted by atomic mass is 10.1. The molecule has 0 aliphatic rings. The molecule has 1 rings (SSSR count). The van der Waals surface area contributed by atoms with Crippen LogP contribution in [0.15, 0.2) is 18.2 Å². The Bertz CT molecular complexity index is 520. The number of benzene rings is 1. The topological polar surface area (TPSA) is 84.5 Å². The number of anilines is 1. The van der Waals surface area contributed by atoms with Crippen molar-refractivity contribution in [3.05, 3.63) is 29.3 Å². The van der Waals surface area contributed by atoms with Crippen LogP contribution in [0.3, 0.4) is 0 Å². The van der Waals surface area contributed by atoms with Crippen molar-refractivity contribution in [3.63, 3.8) is 0 Å². The lowest BCUT2D eigenvalue weighted by Crippen LogP contribution is -2.35. The van der Waals surface area contributed by atoms with E-state index >= 15 is 0 Å². The first kappa shape index (κ1) is 16.7. The maximum absolute atomic E-state index is 11.8. The predicted octanol–water partition coefficient (Wildman–Crippen LogP) is 1.31. The van der Waals surface area contributed by atoms with Gasteiger partial charge < -0.3 is 15.4 Å². The first-order chi connectivity index (χ1) is 9.93. The molecule has 0 heterocycles. The van der Waals surface area contributed by atoms with Gasteiger partial charge in [0, 0.05) is 12.1 Å². The molecular formula is C15H20N2O4. The minimum Gasteiger partial charge on any atom is -0.456 e. The highest BCUT2D eigenvalue weighted by Crippen LogP contribution is 2.18. The van der Waals surface area contributed by atoms with Gasteiger partial charge in [0.15, 0.2) is 6.61 Å². The Hall–Kier alpha value is -2.37. The fourth-order valence-electron chi connectivity index (χ4n) is 1.67. The molecule has 114 valence electrons. The molecule has 0 saturated carbocycles. The highest BCUT2D eigenvalue weighted by Gasteiger charge is 2.10. The minimum atomic E-state index is -0.506. The summed E-state index contributed by atoms with van der Waals surface area (Å²) >= 11 is 0. The van der Waals surface area contributed by atoms with Crippen LogP contribution in [0.5, 0.6) is 0 Å². The monoisotopic (exact) mass is 292 g/mol. The standard InChI is InChI=1S/C15H20N2O4/c1-4-14(20)21-9-13(19)16-8-12(18)17-15-10(2)6-5-7-11(15)3/h5-7H,4,8-9H2,1-3H3,(H,16,19)(H,17,18). The van der Waals surface area contributed by atoms with Crippen LogP contribution in [0.1, 0.15) is 24.5 Å². The second-order valence-corrected chi connectivity index (χ2v) is 4.61. The van der Waals surface area contributed by atoms with Crippen molar-refractivity contribution < 1.29 is 19.1 Å². The maximum atomic E-state index is 11.8. The summed E-state index contributed by atoms with van der Waals surface area (Å²) in [6.07, 6.45) is 0.209. The molecule has 0 saturated heterocycles. The largest absolute Gasteiger partial charge is 0.456 e. The van der Waals surface area contributed by atoms with E-state index in [2.05, 4.69) is 15.4 Å². The highest BCUT2D eigenvalue weighted by molar-refractivity contribution is 5.96. The van der Waals surface area contributed by atoms with Gasteiger partial charge in [0.05, 0.1) is 6.54 Å². The van der Waals surface area contributed by atoms with E-state index in [-0.39, 0.29) is 25.5 Å². The van der Waals surface area contributed by atoms with Gasteiger partial charge in [-0.3, -0.25) is 14.4 Å². The highest BCUT2D eigenvalue weighted by atomic mass is 16.5. The third-order valence-electron chi connectivity index (χ3n) is 2.84. The Morgan fingerprint density at radius 2 is 1.71 bits per heavy atom. The van der Waals surface area contributed by atoms with Gasteiger partial charge >= 0.3 is 5.97 Å². The molecule has 6 nitrogen and oxygen atoms in total. The Labute approximate surface area is 123 Å². The molecule has 0 radical (unpaired) electrons. The fraction of sp³-hybridized carbons (Fsp3) is 0.400. The summed E-state index contributed by atoms with van der Waals surface area (Å²) in [6, 6.07) is 5.70. The molecule has 2 amide bonds. The molecule has 2 N–H and O–H groups in total. The van der Waals surface area contributed by atoms with Gasteiger partial charge in [-0.05, 0) is 25.0 Å². The number of hydrogen-bond donors (Lipinski definition) is 2. The average molecular weight is 292 g/mol. The average Bonchev–Trinajstić information content (AvgIpc) is 2.46. The molecule has 21 heavy (non-hydrogen) atoms. The summed E-state index contributed by atoms with van der Waals surface area (Å²) in [5.41, 5.74) is 2.65. The van der Waals surface area contributed by atoms with Crippen molar-refractivity contribution in [2.45, 2.75) is 27.2 Å². The Balaban J connectivity index is 2.41. The van der Waals surface area contributed by atoms with E-state index in [1.165, 1.54) is 0 Å². The molecular weight excluding hydrogens is 272 g/mol. The van der Waals surface area contributed by atoms with E-state index in [9.17, 15) is 14.4 Å². The van der Waals surface area contributed by atoms with Crippen LogP contribution in [0.25, 0.3) is 0 Å². The quantitative estimate of drug-likeness (QED) is 0.774. The van der Waals surface area contributed by atoms with Crippen molar-refractivity contribution in [1.29, 1.82) is 0 Å². The zero-order valence-corrected chi connectivity index (χ0v) is 12.5. The third-order valence-corrected chi connectivity index (χ3v) is 2.84. The molecule has 0 unspecified atom stereocenters. The number of rotatable bonds is 6. The SMILES string of the molecule is CCC(=O)OCC(=O)NCC(=O)Nc1c(C)cccc1C. The third kappa shape index (κ3) is 5.64. The predicted molar refractivity (Wildman–Crippen MR) is 78.8 cm³/mol. The molecule has 0 aromatic heterocycles. The second-order valence-electron chi connectivity index (χ2n) is 4.61. The molecule has 0 aliphatic heterocycles. The molecule has 1 aromatic carbocycles. The Morgan fingerprint density at radius 1 is 1.10 bits per heavy atom. The first-order valence-corrected chi connectivity index (χ1v) is 6.72. The Kier molecular flexibility index (Phi) is 6.39. The zero-order valence-electron chi connectivity index (χ0n) is 12.5. The van der Waals surface area contributed by atoms with Crippen molar-refractivity contribution in [1.82, 2.24) is 5.32 Å². The van der Waals surface area contributed by atoms with Crippen LogP contribution in [-0.2, 0) is 19.1 Å². The molecule has 0 fully saturated rings. The number of para-hydroxylation sites is 1. The summed E-state index contributed by atoms with van der Waals surface area (Å²) < 4.78 is 4.66. The summed E-state index contributed by atoms with van der Waals surface area (Å²) in [7, 11) is 0. The van der Waals surface area contributed by atoms with Crippen LogP contribution >= 0.6 is 0 Å². The van der Waals surface area contributed by atoms with Gasteiger partial charge in [0.25, 0.3) is 5.91 Å². The van der Waals surface area contributed by atoms with E-state index < -0.39 is 11.9 Å². The number of aryl methyl sites for hydroxylation is 2. The van der Waals surface area contributed by atoms with Crippen LogP contribution in [0.2, 0.25) is 0 Å². The maximum Gasteiger partial charge on any atom is 0.306 e. The summed E-state index contributed by atoms with van der Waals surface area (Å²) in [5, 5.41) is 5.14. The van der Waals surface area contributed by atoms with E-state index in [0.29, 0.717) is 0 Å². The van der Waals surface area contributed by atoms with Crippen LogP contribution < -0.4 is 10.6 Å². The van der Waals surface area contributed by atoms with Gasteiger partial charge in [-0.25, -0.2) is 0 Å². The normalized spacial score (nSPS) is 9.86. The van der Waals surface area contributed by atoms with E-state index in [0.717, 1.165) is 16.8 Å². The van der Waals surface area contributed by atoms with Gasteiger partial charge in [-0.1, -0.05) is 25.1 Å². The van der Waals surface area contributed by atoms with Crippen LogP contribution in [0, 0.1) is 13.8 Å². The van der Waals surface area contributed by atoms with Gasteiger partial charge in [-0.2, -0.15) is 0 Å². The lowest BCUT2D eigenvalue weighted by molar-refractivity contribution is -0.148. The van der Waals surface area contributed by atoms with E-state index in [1.807, 2.05) is 32.0 Å². The van der Waals surface area contributed by atoms with E-state index in [1.54, 1.807) is 6.92 Å². The number of ether oxygens (including phenoxy) is 1. The van der Waals surface area contributed by atoms with Gasteiger partial charge in [-0.15, -0.1) is 0 Å². The number of amides is 2. The number of nitrogens with one attached hydrogen (secondary N) is 2. The molecule has 1 aromatic rings. The number of carbonyl (C=O) groups is 3. The van der Waals surface area contributed by atoms with Crippen molar-refractivity contribution in [3.8, 4) is 0 Å². The van der Waals surface area contributed by atoms with Crippen LogP contribution in [-0.4, -0.2) is 30.9 Å². The first-order valence-electron chi connectivity index (χ1n) is 6.72.